The van der Waals surface area contributed by atoms with Gasteiger partial charge in [0.05, 0.1) is 0 Å². The van der Waals surface area contributed by atoms with Gasteiger partial charge in [-0.3, -0.25) is 4.79 Å². The lowest BCUT2D eigenvalue weighted by atomic mass is 10.1. The Bertz CT molecular complexity index is 462. The SMILES string of the molecule is O=C(CCN1CCCCC1)N1CCN(c2ccccc2)CC1. The molecule has 0 bridgehead atoms. The van der Waals surface area contributed by atoms with E-state index in [0.717, 1.165) is 32.7 Å². The van der Waals surface area contributed by atoms with E-state index in [0.29, 0.717) is 12.3 Å². The summed E-state index contributed by atoms with van der Waals surface area (Å²) in [4.78, 5) is 19.2. The predicted octanol–water partition coefficient (Wildman–Crippen LogP) is 2.21. The molecule has 2 fully saturated rings. The first-order valence-electron chi connectivity index (χ1n) is 8.63. The number of carbonyl (C=O) groups excluding carboxylic acids is 1. The van der Waals surface area contributed by atoms with Gasteiger partial charge in [-0.2, -0.15) is 0 Å². The molecule has 1 amide bonds. The van der Waals surface area contributed by atoms with Crippen LogP contribution in [-0.4, -0.2) is 61.5 Å². The molecule has 4 heteroatoms. The van der Waals surface area contributed by atoms with Crippen LogP contribution in [0.4, 0.5) is 5.69 Å². The average molecular weight is 301 g/mol. The lowest BCUT2D eigenvalue weighted by Gasteiger charge is -2.36. The van der Waals surface area contributed by atoms with Gasteiger partial charge in [-0.25, -0.2) is 0 Å². The monoisotopic (exact) mass is 301 g/mol. The summed E-state index contributed by atoms with van der Waals surface area (Å²) in [6.07, 6.45) is 4.63. The Morgan fingerprint density at radius 1 is 0.864 bits per heavy atom. The fourth-order valence-electron chi connectivity index (χ4n) is 3.45. The van der Waals surface area contributed by atoms with Gasteiger partial charge in [0.15, 0.2) is 0 Å². The van der Waals surface area contributed by atoms with E-state index in [4.69, 9.17) is 0 Å². The molecule has 2 aliphatic heterocycles. The highest BCUT2D eigenvalue weighted by atomic mass is 16.2. The minimum absolute atomic E-state index is 0.332. The van der Waals surface area contributed by atoms with Crippen molar-refractivity contribution < 1.29 is 4.79 Å². The van der Waals surface area contributed by atoms with E-state index < -0.39 is 0 Å². The minimum Gasteiger partial charge on any atom is -0.368 e. The Hall–Kier alpha value is -1.55. The third kappa shape index (κ3) is 4.01. The summed E-state index contributed by atoms with van der Waals surface area (Å²) < 4.78 is 0. The van der Waals surface area contributed by atoms with Crippen LogP contribution in [0, 0.1) is 0 Å². The Labute approximate surface area is 133 Å². The number of amides is 1. The van der Waals surface area contributed by atoms with Crippen LogP contribution in [0.1, 0.15) is 25.7 Å². The van der Waals surface area contributed by atoms with E-state index in [1.165, 1.54) is 38.0 Å². The van der Waals surface area contributed by atoms with Crippen LogP contribution in [0.15, 0.2) is 30.3 Å². The Morgan fingerprint density at radius 2 is 1.55 bits per heavy atom. The second kappa shape index (κ2) is 7.63. The minimum atomic E-state index is 0.332. The van der Waals surface area contributed by atoms with Crippen molar-refractivity contribution in [2.24, 2.45) is 0 Å². The van der Waals surface area contributed by atoms with Crippen LogP contribution in [0.25, 0.3) is 0 Å². The molecule has 0 saturated carbocycles. The average Bonchev–Trinajstić information content (AvgIpc) is 2.61. The van der Waals surface area contributed by atoms with Crippen molar-refractivity contribution in [1.82, 2.24) is 9.80 Å². The first kappa shape index (κ1) is 15.3. The van der Waals surface area contributed by atoms with Crippen molar-refractivity contribution in [2.45, 2.75) is 25.7 Å². The van der Waals surface area contributed by atoms with Crippen LogP contribution >= 0.6 is 0 Å². The predicted molar refractivity (Wildman–Crippen MR) is 90.1 cm³/mol. The summed E-state index contributed by atoms with van der Waals surface area (Å²) in [6, 6.07) is 10.5. The summed E-state index contributed by atoms with van der Waals surface area (Å²) in [5.74, 6) is 0.332. The van der Waals surface area contributed by atoms with Crippen molar-refractivity contribution in [3.63, 3.8) is 0 Å². The molecule has 0 aromatic heterocycles. The van der Waals surface area contributed by atoms with E-state index in [9.17, 15) is 4.79 Å². The molecule has 0 radical (unpaired) electrons. The molecular weight excluding hydrogens is 274 g/mol. The molecule has 22 heavy (non-hydrogen) atoms. The van der Waals surface area contributed by atoms with Crippen LogP contribution < -0.4 is 4.90 Å². The molecule has 0 aliphatic carbocycles. The molecule has 2 aliphatic rings. The smallest absolute Gasteiger partial charge is 0.223 e. The normalized spacial score (nSPS) is 20.2. The third-order valence-corrected chi connectivity index (χ3v) is 4.84. The van der Waals surface area contributed by atoms with Crippen LogP contribution in [0.2, 0.25) is 0 Å². The van der Waals surface area contributed by atoms with E-state index in [1.54, 1.807) is 0 Å². The number of piperazine rings is 1. The first-order valence-corrected chi connectivity index (χ1v) is 8.63. The van der Waals surface area contributed by atoms with Crippen molar-refractivity contribution in [3.8, 4) is 0 Å². The van der Waals surface area contributed by atoms with Gasteiger partial charge in [-0.1, -0.05) is 24.6 Å². The third-order valence-electron chi connectivity index (χ3n) is 4.84. The van der Waals surface area contributed by atoms with Gasteiger partial charge in [-0.15, -0.1) is 0 Å². The van der Waals surface area contributed by atoms with Gasteiger partial charge in [0.25, 0.3) is 0 Å². The summed E-state index contributed by atoms with van der Waals surface area (Å²) in [5, 5.41) is 0. The van der Waals surface area contributed by atoms with Crippen LogP contribution in [-0.2, 0) is 4.79 Å². The number of piperidine rings is 1. The molecule has 0 N–H and O–H groups in total. The Morgan fingerprint density at radius 3 is 2.23 bits per heavy atom. The molecule has 2 heterocycles. The molecule has 0 atom stereocenters. The summed E-state index contributed by atoms with van der Waals surface area (Å²) in [6.45, 7) is 6.89. The van der Waals surface area contributed by atoms with E-state index in [1.807, 2.05) is 11.0 Å². The maximum absolute atomic E-state index is 12.4. The molecule has 1 aromatic rings. The Balaban J connectivity index is 1.41. The van der Waals surface area contributed by atoms with E-state index >= 15 is 0 Å². The number of hydrogen-bond donors (Lipinski definition) is 0. The standard InChI is InChI=1S/C18H27N3O/c22-18(9-12-19-10-5-2-6-11-19)21-15-13-20(14-16-21)17-7-3-1-4-8-17/h1,3-4,7-8H,2,5-6,9-16H2. The van der Waals surface area contributed by atoms with Gasteiger partial charge >= 0.3 is 0 Å². The zero-order chi connectivity index (χ0) is 15.2. The topological polar surface area (TPSA) is 26.8 Å². The lowest BCUT2D eigenvalue weighted by molar-refractivity contribution is -0.131. The number of carbonyl (C=O) groups is 1. The van der Waals surface area contributed by atoms with E-state index in [2.05, 4.69) is 34.1 Å². The van der Waals surface area contributed by atoms with Gasteiger partial charge in [0, 0.05) is 44.8 Å². The first-order chi connectivity index (χ1) is 10.8. The zero-order valence-corrected chi connectivity index (χ0v) is 13.4. The van der Waals surface area contributed by atoms with Crippen LogP contribution in [0.5, 0.6) is 0 Å². The van der Waals surface area contributed by atoms with Gasteiger partial charge in [0.2, 0.25) is 5.91 Å². The van der Waals surface area contributed by atoms with Crippen LogP contribution in [0.3, 0.4) is 0 Å². The number of rotatable bonds is 4. The fraction of sp³-hybridized carbons (Fsp3) is 0.611. The number of benzene rings is 1. The number of para-hydroxylation sites is 1. The molecule has 120 valence electrons. The molecule has 1 aromatic carbocycles. The summed E-state index contributed by atoms with van der Waals surface area (Å²) in [7, 11) is 0. The van der Waals surface area contributed by atoms with Gasteiger partial charge < -0.3 is 14.7 Å². The second-order valence-electron chi connectivity index (χ2n) is 6.36. The highest BCUT2D eigenvalue weighted by molar-refractivity contribution is 5.76. The summed E-state index contributed by atoms with van der Waals surface area (Å²) >= 11 is 0. The molecule has 3 rings (SSSR count). The quantitative estimate of drug-likeness (QED) is 0.853. The van der Waals surface area contributed by atoms with Crippen molar-refractivity contribution >= 4 is 11.6 Å². The van der Waals surface area contributed by atoms with Crippen molar-refractivity contribution in [3.05, 3.63) is 30.3 Å². The molecular formula is C18H27N3O. The number of nitrogens with zero attached hydrogens (tertiary/aromatic N) is 3. The maximum atomic E-state index is 12.4. The largest absolute Gasteiger partial charge is 0.368 e. The summed E-state index contributed by atoms with van der Waals surface area (Å²) in [5.41, 5.74) is 1.27. The number of hydrogen-bond acceptors (Lipinski definition) is 3. The lowest BCUT2D eigenvalue weighted by Crippen LogP contribution is -2.49. The Kier molecular flexibility index (Phi) is 5.33. The highest BCUT2D eigenvalue weighted by Gasteiger charge is 2.21. The molecule has 0 spiro atoms. The van der Waals surface area contributed by atoms with Gasteiger partial charge in [-0.05, 0) is 38.1 Å². The number of anilines is 1. The van der Waals surface area contributed by atoms with Gasteiger partial charge in [0.1, 0.15) is 0 Å². The highest BCUT2D eigenvalue weighted by Crippen LogP contribution is 2.16. The maximum Gasteiger partial charge on any atom is 0.223 e. The fourth-order valence-corrected chi connectivity index (χ4v) is 3.45. The molecule has 2 saturated heterocycles. The molecule has 4 nitrogen and oxygen atoms in total. The van der Waals surface area contributed by atoms with Crippen molar-refractivity contribution in [1.29, 1.82) is 0 Å². The van der Waals surface area contributed by atoms with E-state index in [-0.39, 0.29) is 0 Å². The molecule has 0 unspecified atom stereocenters. The second-order valence-corrected chi connectivity index (χ2v) is 6.36. The zero-order valence-electron chi connectivity index (χ0n) is 13.4. The number of likely N-dealkylation sites (tertiary alicyclic amines) is 1. The van der Waals surface area contributed by atoms with Crippen molar-refractivity contribution in [2.75, 3.05) is 50.7 Å².